The first-order valence-electron chi connectivity index (χ1n) is 17.6. The van der Waals surface area contributed by atoms with Crippen molar-refractivity contribution in [2.75, 3.05) is 0 Å². The molecule has 236 valence electrons. The highest BCUT2D eigenvalue weighted by atomic mass is 16.3. The third kappa shape index (κ3) is 4.09. The summed E-state index contributed by atoms with van der Waals surface area (Å²) >= 11 is 0. The molecule has 0 saturated heterocycles. The van der Waals surface area contributed by atoms with Gasteiger partial charge in [0.15, 0.2) is 0 Å². The molecule has 11 aromatic rings. The summed E-state index contributed by atoms with van der Waals surface area (Å²) in [6.07, 6.45) is 0. The molecule has 51 heavy (non-hydrogen) atoms. The predicted molar refractivity (Wildman–Crippen MR) is 218 cm³/mol. The molecule has 0 fully saturated rings. The summed E-state index contributed by atoms with van der Waals surface area (Å²) in [5.74, 6) is 0. The van der Waals surface area contributed by atoms with E-state index < -0.39 is 0 Å². The van der Waals surface area contributed by atoms with Crippen molar-refractivity contribution < 1.29 is 4.42 Å². The molecule has 0 unspecified atom stereocenters. The molecule has 0 N–H and O–H groups in total. The molecular weight excluding hydrogens is 617 g/mol. The molecule has 0 radical (unpaired) electrons. The molecule has 0 saturated carbocycles. The van der Waals surface area contributed by atoms with Gasteiger partial charge in [0.25, 0.3) is 0 Å². The van der Waals surface area contributed by atoms with Crippen molar-refractivity contribution in [3.63, 3.8) is 0 Å². The minimum Gasteiger partial charge on any atom is -0.455 e. The number of benzene rings is 10. The summed E-state index contributed by atoms with van der Waals surface area (Å²) in [5.41, 5.74) is 9.19. The van der Waals surface area contributed by atoms with Crippen LogP contribution in [0.15, 0.2) is 186 Å². The van der Waals surface area contributed by atoms with E-state index in [2.05, 4.69) is 182 Å². The van der Waals surface area contributed by atoms with Gasteiger partial charge in [-0.1, -0.05) is 176 Å². The van der Waals surface area contributed by atoms with Crippen LogP contribution in [-0.4, -0.2) is 0 Å². The smallest absolute Gasteiger partial charge is 0.143 e. The van der Waals surface area contributed by atoms with E-state index in [-0.39, 0.29) is 0 Å². The molecule has 11 rings (SSSR count). The molecule has 1 heteroatoms. The van der Waals surface area contributed by atoms with Crippen molar-refractivity contribution in [1.29, 1.82) is 0 Å². The normalized spacial score (nSPS) is 11.9. The molecule has 0 atom stereocenters. The second-order valence-electron chi connectivity index (χ2n) is 13.5. The lowest BCUT2D eigenvalue weighted by atomic mass is 9.83. The Morgan fingerprint density at radius 2 is 0.627 bits per heavy atom. The van der Waals surface area contributed by atoms with Crippen LogP contribution in [0, 0.1) is 0 Å². The lowest BCUT2D eigenvalue weighted by molar-refractivity contribution is 0.674. The van der Waals surface area contributed by atoms with E-state index in [4.69, 9.17) is 4.42 Å². The number of hydrogen-bond donors (Lipinski definition) is 0. The van der Waals surface area contributed by atoms with Crippen molar-refractivity contribution in [2.45, 2.75) is 0 Å². The zero-order valence-corrected chi connectivity index (χ0v) is 27.7. The van der Waals surface area contributed by atoms with Gasteiger partial charge in [-0.3, -0.25) is 0 Å². The van der Waals surface area contributed by atoms with E-state index in [0.717, 1.165) is 32.9 Å². The third-order valence-corrected chi connectivity index (χ3v) is 10.9. The van der Waals surface area contributed by atoms with E-state index in [1.165, 1.54) is 76.3 Å². The standard InChI is InChI=1S/C50H30O/c1-3-16-33-31(13-1)15-11-24-38(33)47-39-20-7-9-22-41(39)48(42-23-10-8-21-40(42)47)43-30-29-37(35-18-5-6-19-36(35)43)44-25-12-26-45-46-28-27-32-14-2-4-17-34(32)49(46)51-50(44)45/h1-30H. The largest absolute Gasteiger partial charge is 0.455 e. The maximum Gasteiger partial charge on any atom is 0.143 e. The van der Waals surface area contributed by atoms with Crippen LogP contribution in [0.5, 0.6) is 0 Å². The van der Waals surface area contributed by atoms with E-state index >= 15 is 0 Å². The average molecular weight is 647 g/mol. The minimum absolute atomic E-state index is 0.928. The van der Waals surface area contributed by atoms with Gasteiger partial charge in [0.2, 0.25) is 0 Å². The van der Waals surface area contributed by atoms with Gasteiger partial charge < -0.3 is 4.42 Å². The Bertz CT molecular complexity index is 3130. The number of hydrogen-bond acceptors (Lipinski definition) is 1. The Hall–Kier alpha value is -6.70. The van der Waals surface area contributed by atoms with Gasteiger partial charge in [-0.05, 0) is 82.4 Å². The quantitative estimate of drug-likeness (QED) is 0.174. The van der Waals surface area contributed by atoms with E-state index in [9.17, 15) is 0 Å². The van der Waals surface area contributed by atoms with E-state index in [0.29, 0.717) is 0 Å². The number of para-hydroxylation sites is 1. The van der Waals surface area contributed by atoms with Crippen molar-refractivity contribution in [3.05, 3.63) is 182 Å². The molecule has 10 aromatic carbocycles. The van der Waals surface area contributed by atoms with Gasteiger partial charge in [-0.15, -0.1) is 0 Å². The van der Waals surface area contributed by atoms with Crippen LogP contribution in [0.25, 0.3) is 109 Å². The zero-order chi connectivity index (χ0) is 33.5. The first-order valence-corrected chi connectivity index (χ1v) is 17.6. The van der Waals surface area contributed by atoms with Gasteiger partial charge in [0.1, 0.15) is 11.2 Å². The molecule has 0 spiro atoms. The zero-order valence-electron chi connectivity index (χ0n) is 27.7. The minimum atomic E-state index is 0.928. The second kappa shape index (κ2) is 10.9. The number of fused-ring (bicyclic) bond motifs is 9. The van der Waals surface area contributed by atoms with Crippen molar-refractivity contribution in [3.8, 4) is 33.4 Å². The molecule has 1 nitrogen and oxygen atoms in total. The Balaban J connectivity index is 1.20. The van der Waals surface area contributed by atoms with Crippen LogP contribution in [0.1, 0.15) is 0 Å². The molecular formula is C50H30O. The van der Waals surface area contributed by atoms with Crippen molar-refractivity contribution in [1.82, 2.24) is 0 Å². The fraction of sp³-hybridized carbons (Fsp3) is 0. The summed E-state index contributed by atoms with van der Waals surface area (Å²) in [4.78, 5) is 0. The van der Waals surface area contributed by atoms with Gasteiger partial charge >= 0.3 is 0 Å². The topological polar surface area (TPSA) is 13.1 Å². The number of rotatable bonds is 3. The molecule has 0 aliphatic rings. The second-order valence-corrected chi connectivity index (χ2v) is 13.5. The van der Waals surface area contributed by atoms with Crippen LogP contribution < -0.4 is 0 Å². The Morgan fingerprint density at radius 1 is 0.216 bits per heavy atom. The molecule has 0 aliphatic heterocycles. The molecule has 0 bridgehead atoms. The van der Waals surface area contributed by atoms with Crippen LogP contribution in [0.4, 0.5) is 0 Å². The Morgan fingerprint density at radius 3 is 1.29 bits per heavy atom. The lowest BCUT2D eigenvalue weighted by Crippen LogP contribution is -1.93. The van der Waals surface area contributed by atoms with Crippen LogP contribution in [0.2, 0.25) is 0 Å². The van der Waals surface area contributed by atoms with Crippen molar-refractivity contribution >= 4 is 75.8 Å². The molecule has 1 aromatic heterocycles. The first-order chi connectivity index (χ1) is 25.3. The van der Waals surface area contributed by atoms with Gasteiger partial charge in [0.05, 0.1) is 0 Å². The SMILES string of the molecule is c1ccc2c(-c3c4ccccc4c(-c4ccc(-c5cccc6c5oc5c7ccccc7ccc65)c5ccccc45)c4ccccc34)cccc2c1. The summed E-state index contributed by atoms with van der Waals surface area (Å²) in [7, 11) is 0. The van der Waals surface area contributed by atoms with Gasteiger partial charge in [-0.25, -0.2) is 0 Å². The Kier molecular flexibility index (Phi) is 6.02. The highest BCUT2D eigenvalue weighted by Gasteiger charge is 2.21. The van der Waals surface area contributed by atoms with E-state index in [1.54, 1.807) is 0 Å². The van der Waals surface area contributed by atoms with E-state index in [1.807, 2.05) is 0 Å². The predicted octanol–water partition coefficient (Wildman–Crippen LogP) is 14.4. The third-order valence-electron chi connectivity index (χ3n) is 10.9. The molecule has 0 amide bonds. The van der Waals surface area contributed by atoms with Gasteiger partial charge in [-0.2, -0.15) is 0 Å². The summed E-state index contributed by atoms with van der Waals surface area (Å²) in [6.45, 7) is 0. The molecule has 0 aliphatic carbocycles. The summed E-state index contributed by atoms with van der Waals surface area (Å²) < 4.78 is 6.82. The van der Waals surface area contributed by atoms with Crippen LogP contribution in [-0.2, 0) is 0 Å². The fourth-order valence-corrected chi connectivity index (χ4v) is 8.64. The van der Waals surface area contributed by atoms with Gasteiger partial charge in [0, 0.05) is 21.7 Å². The van der Waals surface area contributed by atoms with Crippen LogP contribution >= 0.6 is 0 Å². The Labute approximate surface area is 294 Å². The fourth-order valence-electron chi connectivity index (χ4n) is 8.64. The monoisotopic (exact) mass is 646 g/mol. The summed E-state index contributed by atoms with van der Waals surface area (Å²) in [5, 5.41) is 14.6. The first kappa shape index (κ1) is 28.2. The summed E-state index contributed by atoms with van der Waals surface area (Å²) in [6, 6.07) is 66.2. The lowest BCUT2D eigenvalue weighted by Gasteiger charge is -2.20. The maximum atomic E-state index is 6.82. The van der Waals surface area contributed by atoms with Crippen LogP contribution in [0.3, 0.4) is 0 Å². The number of furan rings is 1. The average Bonchev–Trinajstić information content (AvgIpc) is 3.59. The highest BCUT2D eigenvalue weighted by molar-refractivity contribution is 6.26. The highest BCUT2D eigenvalue weighted by Crippen LogP contribution is 2.48. The molecule has 1 heterocycles. The van der Waals surface area contributed by atoms with Crippen molar-refractivity contribution in [2.24, 2.45) is 0 Å². The maximum absolute atomic E-state index is 6.82.